The summed E-state index contributed by atoms with van der Waals surface area (Å²) in [5.74, 6) is -0.354. The Hall–Kier alpha value is -2.41. The van der Waals surface area contributed by atoms with Crippen LogP contribution in [0.15, 0.2) is 24.3 Å². The summed E-state index contributed by atoms with van der Waals surface area (Å²) >= 11 is 0. The summed E-state index contributed by atoms with van der Waals surface area (Å²) < 4.78 is 0. The maximum absolute atomic E-state index is 13.4. The molecule has 3 aliphatic rings. The summed E-state index contributed by atoms with van der Waals surface area (Å²) in [4.78, 5) is 40.9. The lowest BCUT2D eigenvalue weighted by molar-refractivity contribution is -0.143. The molecule has 0 spiro atoms. The van der Waals surface area contributed by atoms with Gasteiger partial charge in [-0.1, -0.05) is 24.3 Å². The Bertz CT molecular complexity index is 842. The fourth-order valence-corrected chi connectivity index (χ4v) is 5.35. The first kappa shape index (κ1) is 21.8. The first-order chi connectivity index (χ1) is 15.0. The molecule has 7 heteroatoms. The summed E-state index contributed by atoms with van der Waals surface area (Å²) in [7, 11) is 1.72. The minimum Gasteiger partial charge on any atom is -0.347 e. The number of amides is 3. The van der Waals surface area contributed by atoms with Crippen LogP contribution in [0.3, 0.4) is 0 Å². The minimum atomic E-state index is -0.558. The first-order valence-electron chi connectivity index (χ1n) is 11.7. The van der Waals surface area contributed by atoms with E-state index in [1.807, 2.05) is 12.1 Å². The highest BCUT2D eigenvalue weighted by atomic mass is 16.2. The van der Waals surface area contributed by atoms with E-state index < -0.39 is 12.1 Å². The van der Waals surface area contributed by atoms with Gasteiger partial charge < -0.3 is 20.9 Å². The molecule has 2 saturated heterocycles. The van der Waals surface area contributed by atoms with E-state index in [1.165, 1.54) is 11.1 Å². The Balaban J connectivity index is 1.47. The third kappa shape index (κ3) is 4.47. The molecule has 168 valence electrons. The monoisotopic (exact) mass is 426 g/mol. The molecular weight excluding hydrogens is 392 g/mol. The van der Waals surface area contributed by atoms with Gasteiger partial charge in [0.05, 0.1) is 12.1 Å². The van der Waals surface area contributed by atoms with Crippen molar-refractivity contribution in [1.82, 2.24) is 20.9 Å². The van der Waals surface area contributed by atoms with Gasteiger partial charge in [0, 0.05) is 6.04 Å². The predicted octanol–water partition coefficient (Wildman–Crippen LogP) is 1.82. The summed E-state index contributed by atoms with van der Waals surface area (Å²) in [5.41, 5.74) is 2.50. The second kappa shape index (κ2) is 9.39. The predicted molar refractivity (Wildman–Crippen MR) is 118 cm³/mol. The van der Waals surface area contributed by atoms with Crippen molar-refractivity contribution in [2.45, 2.75) is 88.5 Å². The van der Waals surface area contributed by atoms with Gasteiger partial charge >= 0.3 is 0 Å². The number of rotatable bonds is 5. The molecule has 0 saturated carbocycles. The molecule has 2 fully saturated rings. The number of nitrogens with one attached hydrogen (secondary N) is 3. The molecule has 5 atom stereocenters. The van der Waals surface area contributed by atoms with Gasteiger partial charge in [0.1, 0.15) is 12.1 Å². The van der Waals surface area contributed by atoms with Crippen LogP contribution in [-0.2, 0) is 20.8 Å². The molecule has 0 radical (unpaired) electrons. The van der Waals surface area contributed by atoms with Crippen LogP contribution >= 0.6 is 0 Å². The molecule has 0 bridgehead atoms. The quantitative estimate of drug-likeness (QED) is 0.670. The molecule has 0 aromatic heterocycles. The number of aryl methyl sites for hydroxylation is 1. The summed E-state index contributed by atoms with van der Waals surface area (Å²) in [6, 6.07) is 7.02. The zero-order valence-electron chi connectivity index (χ0n) is 18.5. The fourth-order valence-electron chi connectivity index (χ4n) is 5.35. The van der Waals surface area contributed by atoms with Crippen molar-refractivity contribution in [3.05, 3.63) is 35.4 Å². The van der Waals surface area contributed by atoms with Crippen LogP contribution in [0.2, 0.25) is 0 Å². The number of carbonyl (C=O) groups is 3. The van der Waals surface area contributed by atoms with E-state index in [1.54, 1.807) is 18.9 Å². The molecule has 3 N–H and O–H groups in total. The lowest BCUT2D eigenvalue weighted by Crippen LogP contribution is -2.56. The van der Waals surface area contributed by atoms with Crippen molar-refractivity contribution < 1.29 is 14.4 Å². The molecule has 2 heterocycles. The number of carbonyl (C=O) groups excluding carboxylic acids is 3. The van der Waals surface area contributed by atoms with Crippen LogP contribution in [0, 0.1) is 0 Å². The number of hydrogen-bond donors (Lipinski definition) is 3. The van der Waals surface area contributed by atoms with Gasteiger partial charge in [-0.15, -0.1) is 0 Å². The van der Waals surface area contributed by atoms with Crippen molar-refractivity contribution in [1.29, 1.82) is 0 Å². The van der Waals surface area contributed by atoms with Gasteiger partial charge in [-0.2, -0.15) is 0 Å². The molecule has 2 aliphatic heterocycles. The van der Waals surface area contributed by atoms with E-state index in [9.17, 15) is 14.4 Å². The van der Waals surface area contributed by atoms with Gasteiger partial charge in [-0.05, 0) is 76.5 Å². The van der Waals surface area contributed by atoms with Crippen LogP contribution in [0.1, 0.15) is 69.0 Å². The van der Waals surface area contributed by atoms with Crippen LogP contribution in [0.5, 0.6) is 0 Å². The second-order valence-corrected chi connectivity index (χ2v) is 9.15. The Morgan fingerprint density at radius 1 is 1.00 bits per heavy atom. The molecule has 3 amide bonds. The average molecular weight is 427 g/mol. The molecule has 1 aromatic carbocycles. The van der Waals surface area contributed by atoms with Crippen molar-refractivity contribution in [3.8, 4) is 0 Å². The van der Waals surface area contributed by atoms with E-state index in [0.29, 0.717) is 12.8 Å². The Labute approximate surface area is 184 Å². The van der Waals surface area contributed by atoms with Gasteiger partial charge in [0.2, 0.25) is 17.7 Å². The Kier molecular flexibility index (Phi) is 6.60. The Morgan fingerprint density at radius 3 is 2.58 bits per heavy atom. The average Bonchev–Trinajstić information content (AvgIpc) is 3.15. The van der Waals surface area contributed by atoms with E-state index in [2.05, 4.69) is 28.1 Å². The molecule has 1 aliphatic carbocycles. The number of likely N-dealkylation sites (N-methyl/N-ethyl adjacent to an activating group) is 1. The SMILES string of the molecule is CNC(C)C(=O)NC1CCCC2CCC(C(=O)NC3CCCc4ccccc43)N2C1=O. The Morgan fingerprint density at radius 2 is 1.77 bits per heavy atom. The minimum absolute atomic E-state index is 0.00515. The third-order valence-corrected chi connectivity index (χ3v) is 7.22. The van der Waals surface area contributed by atoms with E-state index in [4.69, 9.17) is 0 Å². The first-order valence-corrected chi connectivity index (χ1v) is 11.7. The van der Waals surface area contributed by atoms with Crippen LogP contribution in [0.4, 0.5) is 0 Å². The third-order valence-electron chi connectivity index (χ3n) is 7.22. The smallest absolute Gasteiger partial charge is 0.246 e. The van der Waals surface area contributed by atoms with Crippen LogP contribution in [0.25, 0.3) is 0 Å². The summed E-state index contributed by atoms with van der Waals surface area (Å²) in [5, 5.41) is 9.06. The van der Waals surface area contributed by atoms with Gasteiger partial charge in [0.15, 0.2) is 0 Å². The number of nitrogens with zero attached hydrogens (tertiary/aromatic N) is 1. The zero-order chi connectivity index (χ0) is 22.0. The standard InChI is InChI=1S/C24H34N4O3/c1-15(25-2)22(29)27-20-12-6-9-17-13-14-21(28(17)24(20)31)23(30)26-19-11-5-8-16-7-3-4-10-18(16)19/h3-4,7,10,15,17,19-21,25H,5-6,8-9,11-14H2,1-2H3,(H,26,30)(H,27,29). The second-order valence-electron chi connectivity index (χ2n) is 9.15. The van der Waals surface area contributed by atoms with Crippen molar-refractivity contribution >= 4 is 17.7 Å². The highest BCUT2D eigenvalue weighted by Crippen LogP contribution is 2.34. The maximum atomic E-state index is 13.4. The van der Waals surface area contributed by atoms with E-state index in [-0.39, 0.29) is 35.8 Å². The molecule has 4 rings (SSSR count). The highest BCUT2D eigenvalue weighted by Gasteiger charge is 2.45. The fraction of sp³-hybridized carbons (Fsp3) is 0.625. The number of fused-ring (bicyclic) bond motifs is 2. The maximum Gasteiger partial charge on any atom is 0.246 e. The van der Waals surface area contributed by atoms with Crippen molar-refractivity contribution in [2.24, 2.45) is 0 Å². The van der Waals surface area contributed by atoms with Gasteiger partial charge in [0.25, 0.3) is 0 Å². The van der Waals surface area contributed by atoms with Gasteiger partial charge in [-0.3, -0.25) is 14.4 Å². The van der Waals surface area contributed by atoms with E-state index >= 15 is 0 Å². The normalized spacial score (nSPS) is 28.8. The molecular formula is C24H34N4O3. The molecule has 7 nitrogen and oxygen atoms in total. The van der Waals surface area contributed by atoms with Crippen LogP contribution in [-0.4, -0.2) is 53.8 Å². The molecule has 1 aromatic rings. The lowest BCUT2D eigenvalue weighted by atomic mass is 9.87. The van der Waals surface area contributed by atoms with Crippen molar-refractivity contribution in [3.63, 3.8) is 0 Å². The number of hydrogen-bond acceptors (Lipinski definition) is 4. The van der Waals surface area contributed by atoms with Crippen LogP contribution < -0.4 is 16.0 Å². The highest BCUT2D eigenvalue weighted by molar-refractivity contribution is 5.94. The lowest BCUT2D eigenvalue weighted by Gasteiger charge is -2.33. The summed E-state index contributed by atoms with van der Waals surface area (Å²) in [6.07, 6.45) is 6.93. The topological polar surface area (TPSA) is 90.5 Å². The van der Waals surface area contributed by atoms with Crippen molar-refractivity contribution in [2.75, 3.05) is 7.05 Å². The van der Waals surface area contributed by atoms with Gasteiger partial charge in [-0.25, -0.2) is 0 Å². The zero-order valence-corrected chi connectivity index (χ0v) is 18.5. The molecule has 31 heavy (non-hydrogen) atoms. The largest absolute Gasteiger partial charge is 0.347 e. The van der Waals surface area contributed by atoms with E-state index in [0.717, 1.165) is 38.5 Å². The molecule has 5 unspecified atom stereocenters. The number of benzene rings is 1. The summed E-state index contributed by atoms with van der Waals surface area (Å²) in [6.45, 7) is 1.77.